The lowest BCUT2D eigenvalue weighted by Gasteiger charge is -2.07. The van der Waals surface area contributed by atoms with E-state index < -0.39 is 4.92 Å². The van der Waals surface area contributed by atoms with E-state index in [1.54, 1.807) is 30.3 Å². The number of nitro benzene ring substituents is 1. The highest BCUT2D eigenvalue weighted by molar-refractivity contribution is 6.31. The van der Waals surface area contributed by atoms with E-state index in [1.807, 2.05) is 6.07 Å². The van der Waals surface area contributed by atoms with Gasteiger partial charge < -0.3 is 4.74 Å². The second-order valence-corrected chi connectivity index (χ2v) is 4.68. The first-order chi connectivity index (χ1) is 10.1. The fourth-order valence-corrected chi connectivity index (χ4v) is 1.96. The third-order valence-electron chi connectivity index (χ3n) is 2.87. The molecule has 2 rings (SSSR count). The van der Waals surface area contributed by atoms with Crippen molar-refractivity contribution in [3.63, 3.8) is 0 Å². The van der Waals surface area contributed by atoms with E-state index >= 15 is 0 Å². The van der Waals surface area contributed by atoms with Gasteiger partial charge in [0.1, 0.15) is 11.8 Å². The fourth-order valence-electron chi connectivity index (χ4n) is 1.75. The van der Waals surface area contributed by atoms with Gasteiger partial charge >= 0.3 is 0 Å². The predicted octanol–water partition coefficient (Wildman–Crippen LogP) is 3.74. The minimum Gasteiger partial charge on any atom is -0.493 e. The first-order valence-corrected chi connectivity index (χ1v) is 6.54. The van der Waals surface area contributed by atoms with Gasteiger partial charge in [0.05, 0.1) is 22.1 Å². The highest BCUT2D eigenvalue weighted by Crippen LogP contribution is 2.22. The summed E-state index contributed by atoms with van der Waals surface area (Å²) in [7, 11) is 0. The Balaban J connectivity index is 1.91. The molecule has 0 N–H and O–H groups in total. The van der Waals surface area contributed by atoms with Crippen LogP contribution < -0.4 is 4.74 Å². The Bertz CT molecular complexity index is 693. The van der Waals surface area contributed by atoms with Gasteiger partial charge in [-0.25, -0.2) is 0 Å². The second kappa shape index (κ2) is 6.73. The van der Waals surface area contributed by atoms with Crippen molar-refractivity contribution in [3.05, 3.63) is 68.7 Å². The third kappa shape index (κ3) is 3.94. The van der Waals surface area contributed by atoms with Crippen molar-refractivity contribution in [2.24, 2.45) is 0 Å². The Labute approximate surface area is 126 Å². The van der Waals surface area contributed by atoms with Crippen LogP contribution in [0.3, 0.4) is 0 Å². The minimum absolute atomic E-state index is 0.0681. The Hall–Kier alpha value is -2.58. The van der Waals surface area contributed by atoms with Gasteiger partial charge in [-0.15, -0.1) is 0 Å². The molecule has 0 atom stereocenters. The van der Waals surface area contributed by atoms with Crippen molar-refractivity contribution in [3.8, 4) is 11.8 Å². The summed E-state index contributed by atoms with van der Waals surface area (Å²) in [4.78, 5) is 10.1. The Morgan fingerprint density at radius 2 is 1.95 bits per heavy atom. The Kier molecular flexibility index (Phi) is 4.75. The zero-order valence-corrected chi connectivity index (χ0v) is 11.7. The average Bonchev–Trinajstić information content (AvgIpc) is 2.48. The van der Waals surface area contributed by atoms with Crippen LogP contribution in [0, 0.1) is 21.4 Å². The number of nitriles is 1. The molecule has 106 valence electrons. The van der Waals surface area contributed by atoms with Crippen LogP contribution in [0.25, 0.3) is 0 Å². The van der Waals surface area contributed by atoms with Crippen LogP contribution in [0.4, 0.5) is 5.69 Å². The molecule has 0 saturated heterocycles. The molecular weight excluding hydrogens is 292 g/mol. The molecule has 2 aromatic rings. The van der Waals surface area contributed by atoms with E-state index in [-0.39, 0.29) is 5.69 Å². The van der Waals surface area contributed by atoms with Crippen LogP contribution in [0.5, 0.6) is 5.75 Å². The molecular formula is C15H11ClN2O3. The first-order valence-electron chi connectivity index (χ1n) is 6.16. The van der Waals surface area contributed by atoms with E-state index in [0.717, 1.165) is 5.56 Å². The summed E-state index contributed by atoms with van der Waals surface area (Å²) in [5, 5.41) is 19.7. The highest BCUT2D eigenvalue weighted by Gasteiger charge is 2.05. The smallest absolute Gasteiger partial charge is 0.269 e. The van der Waals surface area contributed by atoms with Gasteiger partial charge in [0.15, 0.2) is 0 Å². The number of nitrogens with zero attached hydrogens (tertiary/aromatic N) is 2. The van der Waals surface area contributed by atoms with Gasteiger partial charge in [-0.3, -0.25) is 10.1 Å². The molecule has 0 unspecified atom stereocenters. The van der Waals surface area contributed by atoms with Crippen molar-refractivity contribution in [2.45, 2.75) is 6.42 Å². The Morgan fingerprint density at radius 3 is 2.52 bits per heavy atom. The van der Waals surface area contributed by atoms with Gasteiger partial charge in [0, 0.05) is 24.6 Å². The maximum absolute atomic E-state index is 10.5. The van der Waals surface area contributed by atoms with Crippen molar-refractivity contribution in [1.82, 2.24) is 0 Å². The number of hydrogen-bond acceptors (Lipinski definition) is 4. The van der Waals surface area contributed by atoms with E-state index in [0.29, 0.717) is 29.4 Å². The molecule has 0 heterocycles. The third-order valence-corrected chi connectivity index (χ3v) is 3.18. The van der Waals surface area contributed by atoms with Crippen molar-refractivity contribution in [1.29, 1.82) is 5.26 Å². The van der Waals surface area contributed by atoms with Gasteiger partial charge in [0.25, 0.3) is 5.69 Å². The van der Waals surface area contributed by atoms with E-state index in [1.165, 1.54) is 12.1 Å². The van der Waals surface area contributed by atoms with Crippen LogP contribution in [-0.4, -0.2) is 11.5 Å². The minimum atomic E-state index is -0.432. The summed E-state index contributed by atoms with van der Waals surface area (Å²) in [6, 6.07) is 13.2. The molecule has 0 radical (unpaired) electrons. The molecule has 21 heavy (non-hydrogen) atoms. The molecule has 0 spiro atoms. The highest BCUT2D eigenvalue weighted by atomic mass is 35.5. The predicted molar refractivity (Wildman–Crippen MR) is 78.5 cm³/mol. The molecule has 5 nitrogen and oxygen atoms in total. The number of hydrogen-bond donors (Lipinski definition) is 0. The quantitative estimate of drug-likeness (QED) is 0.622. The number of ether oxygens (including phenoxy) is 1. The van der Waals surface area contributed by atoms with Crippen LogP contribution in [0.2, 0.25) is 5.02 Å². The molecule has 0 aromatic heterocycles. The zero-order valence-electron chi connectivity index (χ0n) is 11.0. The second-order valence-electron chi connectivity index (χ2n) is 4.28. The number of halogens is 1. The lowest BCUT2D eigenvalue weighted by atomic mass is 10.1. The van der Waals surface area contributed by atoms with Crippen molar-refractivity contribution in [2.75, 3.05) is 6.61 Å². The van der Waals surface area contributed by atoms with Crippen LogP contribution in [-0.2, 0) is 6.42 Å². The Morgan fingerprint density at radius 1 is 1.24 bits per heavy atom. The topological polar surface area (TPSA) is 76.2 Å². The molecule has 0 fully saturated rings. The average molecular weight is 303 g/mol. The van der Waals surface area contributed by atoms with Crippen LogP contribution in [0.1, 0.15) is 11.1 Å². The fraction of sp³-hybridized carbons (Fsp3) is 0.133. The largest absolute Gasteiger partial charge is 0.493 e. The maximum atomic E-state index is 10.5. The molecule has 0 saturated carbocycles. The molecule has 0 amide bonds. The van der Waals surface area contributed by atoms with Gasteiger partial charge in [-0.05, 0) is 17.7 Å². The number of nitro groups is 1. The van der Waals surface area contributed by atoms with Crippen molar-refractivity contribution < 1.29 is 9.66 Å². The summed E-state index contributed by atoms with van der Waals surface area (Å²) < 4.78 is 5.54. The van der Waals surface area contributed by atoms with Crippen LogP contribution in [0.15, 0.2) is 42.5 Å². The lowest BCUT2D eigenvalue weighted by molar-refractivity contribution is -0.384. The molecule has 0 bridgehead atoms. The standard InChI is InChI=1S/C15H11ClN2O3/c16-15-9-14(6-3-12(15)10-17)21-8-7-11-1-4-13(5-2-11)18(19)20/h1-6,9H,7-8H2. The molecule has 0 aliphatic heterocycles. The van der Waals surface area contributed by atoms with Crippen molar-refractivity contribution >= 4 is 17.3 Å². The monoisotopic (exact) mass is 302 g/mol. The summed E-state index contributed by atoms with van der Waals surface area (Å²) >= 11 is 5.91. The number of non-ortho nitro benzene ring substituents is 1. The summed E-state index contributed by atoms with van der Waals surface area (Å²) in [5.41, 5.74) is 1.42. The van der Waals surface area contributed by atoms with E-state index in [4.69, 9.17) is 21.6 Å². The summed E-state index contributed by atoms with van der Waals surface area (Å²) in [6.45, 7) is 0.417. The normalized spacial score (nSPS) is 9.90. The van der Waals surface area contributed by atoms with E-state index in [9.17, 15) is 10.1 Å². The van der Waals surface area contributed by atoms with Gasteiger partial charge in [0.2, 0.25) is 0 Å². The summed E-state index contributed by atoms with van der Waals surface area (Å²) in [6.07, 6.45) is 0.621. The van der Waals surface area contributed by atoms with Gasteiger partial charge in [-0.2, -0.15) is 5.26 Å². The summed E-state index contributed by atoms with van der Waals surface area (Å²) in [5.74, 6) is 0.584. The maximum Gasteiger partial charge on any atom is 0.269 e. The molecule has 0 aliphatic carbocycles. The molecule has 2 aromatic carbocycles. The number of benzene rings is 2. The molecule has 0 aliphatic rings. The SMILES string of the molecule is N#Cc1ccc(OCCc2ccc([N+](=O)[O-])cc2)cc1Cl. The lowest BCUT2D eigenvalue weighted by Crippen LogP contribution is -2.01. The molecule has 6 heteroatoms. The van der Waals surface area contributed by atoms with Gasteiger partial charge in [-0.1, -0.05) is 23.7 Å². The number of rotatable bonds is 5. The first kappa shape index (κ1) is 14.8. The van der Waals surface area contributed by atoms with E-state index in [2.05, 4.69) is 0 Å². The zero-order chi connectivity index (χ0) is 15.2. The van der Waals surface area contributed by atoms with Crippen LogP contribution >= 0.6 is 11.6 Å².